The van der Waals surface area contributed by atoms with Gasteiger partial charge in [-0.05, 0) is 54.4 Å². The van der Waals surface area contributed by atoms with Gasteiger partial charge in [0, 0.05) is 24.4 Å². The Kier molecular flexibility index (Phi) is 7.08. The van der Waals surface area contributed by atoms with Crippen molar-refractivity contribution in [2.24, 2.45) is 0 Å². The standard InChI is InChI=1S/C22H20ClFN2O4/c1-2-29-21-12-16(13-25-18-7-9-19(10-8-18)26(27)28)11-20(23)22(21)30-14-15-3-5-17(24)6-4-15/h3-12,25H,2,13-14H2,1H3. The van der Waals surface area contributed by atoms with Gasteiger partial charge >= 0.3 is 0 Å². The highest BCUT2D eigenvalue weighted by Crippen LogP contribution is 2.37. The van der Waals surface area contributed by atoms with Crippen LogP contribution in [0, 0.1) is 15.9 Å². The van der Waals surface area contributed by atoms with Crippen molar-refractivity contribution in [3.63, 3.8) is 0 Å². The molecule has 0 saturated carbocycles. The zero-order valence-corrected chi connectivity index (χ0v) is 17.0. The molecule has 0 radical (unpaired) electrons. The molecule has 0 fully saturated rings. The molecule has 0 heterocycles. The Bertz CT molecular complexity index is 1010. The molecule has 0 amide bonds. The van der Waals surface area contributed by atoms with Gasteiger partial charge in [0.05, 0.1) is 16.6 Å². The van der Waals surface area contributed by atoms with Crippen molar-refractivity contribution in [3.05, 3.63) is 92.7 Å². The number of rotatable bonds is 9. The molecule has 156 valence electrons. The molecule has 0 atom stereocenters. The zero-order valence-electron chi connectivity index (χ0n) is 16.2. The molecule has 3 aromatic carbocycles. The molecule has 0 spiro atoms. The molecule has 0 aliphatic carbocycles. The lowest BCUT2D eigenvalue weighted by Gasteiger charge is -2.16. The first-order chi connectivity index (χ1) is 14.5. The summed E-state index contributed by atoms with van der Waals surface area (Å²) in [7, 11) is 0. The molecular formula is C22H20ClFN2O4. The minimum Gasteiger partial charge on any atom is -0.490 e. The summed E-state index contributed by atoms with van der Waals surface area (Å²) >= 11 is 6.43. The van der Waals surface area contributed by atoms with Crippen LogP contribution in [0.4, 0.5) is 15.8 Å². The lowest BCUT2D eigenvalue weighted by Crippen LogP contribution is -2.04. The van der Waals surface area contributed by atoms with Crippen molar-refractivity contribution in [2.45, 2.75) is 20.1 Å². The van der Waals surface area contributed by atoms with Crippen LogP contribution in [-0.4, -0.2) is 11.5 Å². The summed E-state index contributed by atoms with van der Waals surface area (Å²) in [6.07, 6.45) is 0. The second-order valence-corrected chi connectivity index (χ2v) is 6.82. The normalized spacial score (nSPS) is 10.5. The van der Waals surface area contributed by atoms with Crippen molar-refractivity contribution in [1.29, 1.82) is 0 Å². The maximum absolute atomic E-state index is 13.1. The Morgan fingerprint density at radius 2 is 1.73 bits per heavy atom. The van der Waals surface area contributed by atoms with Gasteiger partial charge in [-0.3, -0.25) is 10.1 Å². The summed E-state index contributed by atoms with van der Waals surface area (Å²) in [6, 6.07) is 15.8. The Morgan fingerprint density at radius 3 is 2.37 bits per heavy atom. The monoisotopic (exact) mass is 430 g/mol. The van der Waals surface area contributed by atoms with Crippen molar-refractivity contribution in [3.8, 4) is 11.5 Å². The molecular weight excluding hydrogens is 411 g/mol. The number of hydrogen-bond donors (Lipinski definition) is 1. The van der Waals surface area contributed by atoms with E-state index in [0.717, 1.165) is 16.8 Å². The van der Waals surface area contributed by atoms with Gasteiger partial charge in [0.1, 0.15) is 12.4 Å². The number of anilines is 1. The lowest BCUT2D eigenvalue weighted by atomic mass is 10.2. The van der Waals surface area contributed by atoms with Gasteiger partial charge in [-0.15, -0.1) is 0 Å². The van der Waals surface area contributed by atoms with Crippen LogP contribution in [0.1, 0.15) is 18.1 Å². The molecule has 1 N–H and O–H groups in total. The molecule has 0 aliphatic heterocycles. The summed E-state index contributed by atoms with van der Waals surface area (Å²) < 4.78 is 24.6. The van der Waals surface area contributed by atoms with E-state index in [9.17, 15) is 14.5 Å². The molecule has 0 saturated heterocycles. The second kappa shape index (κ2) is 9.93. The number of ether oxygens (including phenoxy) is 2. The smallest absolute Gasteiger partial charge is 0.269 e. The highest BCUT2D eigenvalue weighted by molar-refractivity contribution is 6.32. The van der Waals surface area contributed by atoms with Crippen LogP contribution in [0.2, 0.25) is 5.02 Å². The Morgan fingerprint density at radius 1 is 1.03 bits per heavy atom. The summed E-state index contributed by atoms with van der Waals surface area (Å²) in [6.45, 7) is 2.96. The van der Waals surface area contributed by atoms with Crippen LogP contribution in [-0.2, 0) is 13.2 Å². The summed E-state index contributed by atoms with van der Waals surface area (Å²) in [4.78, 5) is 10.3. The van der Waals surface area contributed by atoms with Crippen molar-refractivity contribution in [2.75, 3.05) is 11.9 Å². The number of nitrogens with zero attached hydrogens (tertiary/aromatic N) is 1. The summed E-state index contributed by atoms with van der Waals surface area (Å²) in [5.41, 5.74) is 2.44. The first kappa shape index (κ1) is 21.4. The van der Waals surface area contributed by atoms with E-state index in [0.29, 0.717) is 29.7 Å². The number of non-ortho nitro benzene ring substituents is 1. The molecule has 8 heteroatoms. The van der Waals surface area contributed by atoms with Crippen LogP contribution in [0.15, 0.2) is 60.7 Å². The predicted molar refractivity (Wildman–Crippen MR) is 114 cm³/mol. The third-order valence-electron chi connectivity index (χ3n) is 4.24. The number of benzene rings is 3. The fraction of sp³-hybridized carbons (Fsp3) is 0.182. The fourth-order valence-electron chi connectivity index (χ4n) is 2.77. The first-order valence-corrected chi connectivity index (χ1v) is 9.65. The molecule has 6 nitrogen and oxygen atoms in total. The minimum atomic E-state index is -0.442. The lowest BCUT2D eigenvalue weighted by molar-refractivity contribution is -0.384. The third kappa shape index (κ3) is 5.61. The molecule has 3 aromatic rings. The Balaban J connectivity index is 1.71. The van der Waals surface area contributed by atoms with E-state index >= 15 is 0 Å². The average Bonchev–Trinajstić information content (AvgIpc) is 2.73. The fourth-order valence-corrected chi connectivity index (χ4v) is 3.06. The van der Waals surface area contributed by atoms with Gasteiger partial charge in [0.15, 0.2) is 11.5 Å². The van der Waals surface area contributed by atoms with Crippen molar-refractivity contribution in [1.82, 2.24) is 0 Å². The van der Waals surface area contributed by atoms with Crippen LogP contribution >= 0.6 is 11.6 Å². The van der Waals surface area contributed by atoms with Gasteiger partial charge in [0.2, 0.25) is 0 Å². The quantitative estimate of drug-likeness (QED) is 0.334. The average molecular weight is 431 g/mol. The zero-order chi connectivity index (χ0) is 21.5. The van der Waals surface area contributed by atoms with Crippen LogP contribution in [0.25, 0.3) is 0 Å². The third-order valence-corrected chi connectivity index (χ3v) is 4.52. The molecule has 0 aromatic heterocycles. The van der Waals surface area contributed by atoms with E-state index in [2.05, 4.69) is 5.32 Å². The minimum absolute atomic E-state index is 0.0323. The summed E-state index contributed by atoms with van der Waals surface area (Å²) in [5, 5.41) is 14.3. The number of nitro benzene ring substituents is 1. The van der Waals surface area contributed by atoms with Crippen molar-refractivity contribution >= 4 is 23.0 Å². The van der Waals surface area contributed by atoms with Gasteiger partial charge in [-0.2, -0.15) is 0 Å². The predicted octanol–water partition coefficient (Wildman–Crippen LogP) is 5.98. The first-order valence-electron chi connectivity index (χ1n) is 9.27. The van der Waals surface area contributed by atoms with Gasteiger partial charge < -0.3 is 14.8 Å². The number of hydrogen-bond acceptors (Lipinski definition) is 5. The van der Waals surface area contributed by atoms with E-state index in [1.165, 1.54) is 24.3 Å². The number of nitro groups is 1. The molecule has 30 heavy (non-hydrogen) atoms. The maximum Gasteiger partial charge on any atom is 0.269 e. The topological polar surface area (TPSA) is 73.6 Å². The van der Waals surface area contributed by atoms with Gasteiger partial charge in [-0.1, -0.05) is 23.7 Å². The second-order valence-electron chi connectivity index (χ2n) is 6.41. The van der Waals surface area contributed by atoms with Crippen LogP contribution in [0.5, 0.6) is 11.5 Å². The van der Waals surface area contributed by atoms with Crippen LogP contribution < -0.4 is 14.8 Å². The van der Waals surface area contributed by atoms with Crippen LogP contribution in [0.3, 0.4) is 0 Å². The van der Waals surface area contributed by atoms with E-state index in [1.54, 1.807) is 30.3 Å². The molecule has 0 bridgehead atoms. The Labute approximate surface area is 178 Å². The maximum atomic E-state index is 13.1. The Hall–Kier alpha value is -3.32. The summed E-state index contributed by atoms with van der Waals surface area (Å²) in [5.74, 6) is 0.617. The van der Waals surface area contributed by atoms with Gasteiger partial charge in [0.25, 0.3) is 5.69 Å². The van der Waals surface area contributed by atoms with E-state index in [4.69, 9.17) is 21.1 Å². The molecule has 0 aliphatic rings. The SMILES string of the molecule is CCOc1cc(CNc2ccc([N+](=O)[O-])cc2)cc(Cl)c1OCc1ccc(F)cc1. The molecule has 3 rings (SSSR count). The number of halogens is 2. The van der Waals surface area contributed by atoms with E-state index in [-0.39, 0.29) is 18.1 Å². The van der Waals surface area contributed by atoms with Crippen molar-refractivity contribution < 1.29 is 18.8 Å². The van der Waals surface area contributed by atoms with E-state index < -0.39 is 4.92 Å². The van der Waals surface area contributed by atoms with E-state index in [1.807, 2.05) is 13.0 Å². The highest BCUT2D eigenvalue weighted by Gasteiger charge is 2.13. The van der Waals surface area contributed by atoms with Gasteiger partial charge in [-0.25, -0.2) is 4.39 Å². The highest BCUT2D eigenvalue weighted by atomic mass is 35.5. The largest absolute Gasteiger partial charge is 0.490 e. The number of nitrogens with one attached hydrogen (secondary N) is 1. The molecule has 0 unspecified atom stereocenters.